The minimum absolute atomic E-state index is 0.0806. The van der Waals surface area contributed by atoms with Crippen LogP contribution < -0.4 is 25.8 Å². The normalized spacial score (nSPS) is 14.3. The van der Waals surface area contributed by atoms with Crippen molar-refractivity contribution in [2.24, 2.45) is 5.92 Å². The number of carbonyl (C=O) groups excluding carboxylic acids is 3. The van der Waals surface area contributed by atoms with Crippen molar-refractivity contribution in [1.29, 1.82) is 0 Å². The standard InChI is InChI=1S/C50H57ClN6O9/c1-4-39-40(31-56-46(52)45(39)34-7-13-38(58)14-8-34)36-9-15-41(55-30-36)48(60)54-20-24-63-26-28-64-27-25-62-23-19-53-47(59)35-10-16-42-43(29-35)66-50(65-42)17-21-57(22-18-50)49(61)44(32(2)3)33-5-11-37(51)12-6-33/h5-16,29-32,44,58H,4,17-28H2,1-3H3,(H2,52,56)(H,53,59)(H,54,60). The smallest absolute Gasteiger partial charge is 0.269 e. The van der Waals surface area contributed by atoms with E-state index in [9.17, 15) is 19.5 Å². The number of hydrogen-bond acceptors (Lipinski definition) is 12. The fourth-order valence-corrected chi connectivity index (χ4v) is 8.34. The summed E-state index contributed by atoms with van der Waals surface area (Å²) < 4.78 is 29.4. The summed E-state index contributed by atoms with van der Waals surface area (Å²) in [6.45, 7) is 9.76. The summed E-state index contributed by atoms with van der Waals surface area (Å²) in [6.07, 6.45) is 5.06. The largest absolute Gasteiger partial charge is 0.508 e. The van der Waals surface area contributed by atoms with E-state index in [-0.39, 0.29) is 41.0 Å². The van der Waals surface area contributed by atoms with Crippen LogP contribution in [0.25, 0.3) is 22.3 Å². The average Bonchev–Trinajstić information content (AvgIpc) is 3.68. The van der Waals surface area contributed by atoms with Crippen LogP contribution in [0.3, 0.4) is 0 Å². The van der Waals surface area contributed by atoms with E-state index >= 15 is 0 Å². The van der Waals surface area contributed by atoms with Crippen LogP contribution in [-0.4, -0.2) is 109 Å². The number of phenolic OH excluding ortho intramolecular Hbond substituents is 1. The molecule has 4 heterocycles. The fraction of sp³-hybridized carbons (Fsp3) is 0.380. The molecule has 2 aliphatic rings. The van der Waals surface area contributed by atoms with Gasteiger partial charge in [0.2, 0.25) is 5.91 Å². The second-order valence-corrected chi connectivity index (χ2v) is 16.9. The summed E-state index contributed by atoms with van der Waals surface area (Å²) >= 11 is 6.10. The van der Waals surface area contributed by atoms with Crippen molar-refractivity contribution in [3.63, 3.8) is 0 Å². The SMILES string of the molecule is CCc1c(-c2ccc(C(=O)NCCOCCOCCOCCNC(=O)c3ccc4c(c3)OC3(CCN(C(=O)C(c5ccc(Cl)cc5)C(C)C)CC3)O4)nc2)cnc(N)c1-c1ccc(O)cc1. The number of aromatic hydroxyl groups is 1. The number of benzene rings is 3. The maximum atomic E-state index is 13.6. The Morgan fingerprint density at radius 3 is 2.03 bits per heavy atom. The first-order chi connectivity index (χ1) is 31.9. The molecule has 7 rings (SSSR count). The van der Waals surface area contributed by atoms with Gasteiger partial charge in [0.15, 0.2) is 11.5 Å². The van der Waals surface area contributed by atoms with E-state index in [1.807, 2.05) is 42.2 Å². The molecule has 1 saturated heterocycles. The monoisotopic (exact) mass is 920 g/mol. The van der Waals surface area contributed by atoms with E-state index in [2.05, 4.69) is 34.4 Å². The molecule has 3 aromatic carbocycles. The number of rotatable bonds is 20. The van der Waals surface area contributed by atoms with Crippen molar-refractivity contribution in [3.05, 3.63) is 119 Å². The molecule has 66 heavy (non-hydrogen) atoms. The van der Waals surface area contributed by atoms with Gasteiger partial charge in [-0.05, 0) is 77.6 Å². The molecule has 1 fully saturated rings. The van der Waals surface area contributed by atoms with Crippen molar-refractivity contribution in [1.82, 2.24) is 25.5 Å². The number of anilines is 1. The fourth-order valence-electron chi connectivity index (χ4n) is 8.21. The lowest BCUT2D eigenvalue weighted by Crippen LogP contribution is -2.52. The molecule has 5 N–H and O–H groups in total. The number of nitrogens with two attached hydrogens (primary N) is 1. The van der Waals surface area contributed by atoms with Crippen LogP contribution in [0.15, 0.2) is 91.3 Å². The summed E-state index contributed by atoms with van der Waals surface area (Å²) in [5.74, 6) is 0.123. The highest BCUT2D eigenvalue weighted by molar-refractivity contribution is 6.30. The third-order valence-electron chi connectivity index (χ3n) is 11.6. The summed E-state index contributed by atoms with van der Waals surface area (Å²) in [4.78, 5) is 50.0. The van der Waals surface area contributed by atoms with E-state index in [1.165, 1.54) is 0 Å². The number of fused-ring (bicyclic) bond motifs is 1. The zero-order chi connectivity index (χ0) is 46.6. The highest BCUT2D eigenvalue weighted by atomic mass is 35.5. The lowest BCUT2D eigenvalue weighted by Gasteiger charge is -2.39. The van der Waals surface area contributed by atoms with Gasteiger partial charge >= 0.3 is 0 Å². The minimum Gasteiger partial charge on any atom is -0.508 e. The van der Waals surface area contributed by atoms with E-state index in [0.717, 1.165) is 33.4 Å². The van der Waals surface area contributed by atoms with Crippen LogP contribution in [-0.2, 0) is 25.4 Å². The molecule has 0 aliphatic carbocycles. The zero-order valence-electron chi connectivity index (χ0n) is 37.5. The average molecular weight is 921 g/mol. The maximum absolute atomic E-state index is 13.6. The third kappa shape index (κ3) is 11.8. The van der Waals surface area contributed by atoms with Crippen LogP contribution in [0, 0.1) is 5.92 Å². The van der Waals surface area contributed by atoms with Gasteiger partial charge in [0, 0.05) is 78.7 Å². The van der Waals surface area contributed by atoms with E-state index < -0.39 is 5.79 Å². The van der Waals surface area contributed by atoms with Crippen LogP contribution >= 0.6 is 11.6 Å². The predicted octanol–water partition coefficient (Wildman–Crippen LogP) is 7.05. The predicted molar refractivity (Wildman–Crippen MR) is 251 cm³/mol. The molecule has 15 nitrogen and oxygen atoms in total. The van der Waals surface area contributed by atoms with Crippen LogP contribution in [0.4, 0.5) is 5.82 Å². The summed E-state index contributed by atoms with van der Waals surface area (Å²) in [5, 5.41) is 16.1. The molecular formula is C50H57ClN6O9. The Hall–Kier alpha value is -6.26. The van der Waals surface area contributed by atoms with Gasteiger partial charge in [0.1, 0.15) is 17.3 Å². The first-order valence-corrected chi connectivity index (χ1v) is 22.7. The number of nitrogen functional groups attached to an aromatic ring is 1. The number of piperidine rings is 1. The Morgan fingerprint density at radius 1 is 0.788 bits per heavy atom. The molecule has 348 valence electrons. The number of nitrogens with one attached hydrogen (secondary N) is 2. The van der Waals surface area contributed by atoms with Gasteiger partial charge in [-0.2, -0.15) is 0 Å². The van der Waals surface area contributed by atoms with E-state index in [1.54, 1.807) is 60.9 Å². The molecule has 1 spiro atoms. The first-order valence-electron chi connectivity index (χ1n) is 22.3. The number of aromatic nitrogens is 2. The molecule has 2 aromatic heterocycles. The number of amides is 3. The molecule has 0 saturated carbocycles. The highest BCUT2D eigenvalue weighted by Gasteiger charge is 2.46. The van der Waals surface area contributed by atoms with E-state index in [4.69, 9.17) is 41.0 Å². The first kappa shape index (κ1) is 47.7. The molecule has 0 radical (unpaired) electrons. The van der Waals surface area contributed by atoms with Crippen LogP contribution in [0.1, 0.15) is 71.5 Å². The summed E-state index contributed by atoms with van der Waals surface area (Å²) in [7, 11) is 0. The molecule has 1 unspecified atom stereocenters. The van der Waals surface area contributed by atoms with Gasteiger partial charge in [-0.3, -0.25) is 19.4 Å². The number of hydrogen-bond donors (Lipinski definition) is 4. The van der Waals surface area contributed by atoms with Gasteiger partial charge in [-0.1, -0.05) is 62.7 Å². The minimum atomic E-state index is -0.878. The molecule has 16 heteroatoms. The van der Waals surface area contributed by atoms with Crippen molar-refractivity contribution < 1.29 is 43.2 Å². The number of pyridine rings is 2. The van der Waals surface area contributed by atoms with Crippen molar-refractivity contribution in [2.45, 2.75) is 51.7 Å². The number of halogens is 1. The summed E-state index contributed by atoms with van der Waals surface area (Å²) in [5.41, 5.74) is 12.3. The number of nitrogens with zero attached hydrogens (tertiary/aromatic N) is 3. The molecule has 5 aromatic rings. The van der Waals surface area contributed by atoms with E-state index in [0.29, 0.717) is 113 Å². The van der Waals surface area contributed by atoms with Gasteiger partial charge in [0.25, 0.3) is 17.6 Å². The lowest BCUT2D eigenvalue weighted by molar-refractivity contribution is -0.148. The number of carbonyl (C=O) groups is 3. The number of ether oxygens (including phenoxy) is 5. The quantitative estimate of drug-likeness (QED) is 0.0582. The second kappa shape index (κ2) is 22.3. The van der Waals surface area contributed by atoms with Crippen molar-refractivity contribution in [2.75, 3.05) is 71.6 Å². The zero-order valence-corrected chi connectivity index (χ0v) is 38.3. The third-order valence-corrected chi connectivity index (χ3v) is 11.9. The molecular weight excluding hydrogens is 864 g/mol. The molecule has 0 bridgehead atoms. The lowest BCUT2D eigenvalue weighted by atomic mass is 9.86. The molecule has 1 atom stereocenters. The molecule has 3 amide bonds. The maximum Gasteiger partial charge on any atom is 0.269 e. The van der Waals surface area contributed by atoms with Crippen LogP contribution in [0.2, 0.25) is 5.02 Å². The summed E-state index contributed by atoms with van der Waals surface area (Å²) in [6, 6.07) is 23.0. The van der Waals surface area contributed by atoms with Gasteiger partial charge in [0.05, 0.1) is 45.6 Å². The van der Waals surface area contributed by atoms with Crippen molar-refractivity contribution in [3.8, 4) is 39.5 Å². The van der Waals surface area contributed by atoms with Gasteiger partial charge in [-0.25, -0.2) is 4.98 Å². The van der Waals surface area contributed by atoms with Gasteiger partial charge < -0.3 is 50.1 Å². The number of phenols is 1. The number of likely N-dealkylation sites (tertiary alicyclic amines) is 1. The Bertz CT molecular complexity index is 2440. The Balaban J connectivity index is 0.731. The Kier molecular flexibility index (Phi) is 16.1. The second-order valence-electron chi connectivity index (χ2n) is 16.5. The van der Waals surface area contributed by atoms with Gasteiger partial charge in [-0.15, -0.1) is 0 Å². The molecule has 2 aliphatic heterocycles. The van der Waals surface area contributed by atoms with Crippen LogP contribution in [0.5, 0.6) is 17.2 Å². The highest BCUT2D eigenvalue weighted by Crippen LogP contribution is 2.45. The topological polar surface area (TPSA) is 197 Å². The Morgan fingerprint density at radius 2 is 1.41 bits per heavy atom. The van der Waals surface area contributed by atoms with Crippen molar-refractivity contribution >= 4 is 35.1 Å². The Labute approximate surface area is 389 Å².